The number of rotatable bonds is 11. The molecule has 0 aliphatic rings. The van der Waals surface area contributed by atoms with Gasteiger partial charge < -0.3 is 19.7 Å². The number of carbonyl (C=O) groups is 3. The average molecular weight is 376 g/mol. The van der Waals surface area contributed by atoms with E-state index in [1.807, 2.05) is 24.3 Å². The fraction of sp³-hybridized carbons (Fsp3) is 0.450. The highest BCUT2D eigenvalue weighted by Crippen LogP contribution is 2.13. The zero-order valence-corrected chi connectivity index (χ0v) is 16.2. The van der Waals surface area contributed by atoms with E-state index in [9.17, 15) is 14.4 Å². The first-order valence-electron chi connectivity index (χ1n) is 8.97. The van der Waals surface area contributed by atoms with E-state index in [4.69, 9.17) is 9.47 Å². The first kappa shape index (κ1) is 22.2. The van der Waals surface area contributed by atoms with Gasteiger partial charge in [-0.25, -0.2) is 0 Å². The third kappa shape index (κ3) is 9.44. The Hall–Kier alpha value is -2.83. The van der Waals surface area contributed by atoms with Crippen molar-refractivity contribution in [3.05, 3.63) is 35.9 Å². The van der Waals surface area contributed by atoms with Crippen molar-refractivity contribution in [2.24, 2.45) is 0 Å². The van der Waals surface area contributed by atoms with E-state index in [1.54, 1.807) is 25.0 Å². The highest BCUT2D eigenvalue weighted by atomic mass is 16.5. The highest BCUT2D eigenvalue weighted by Gasteiger charge is 2.13. The normalized spacial score (nSPS) is 10.5. The predicted octanol–water partition coefficient (Wildman–Crippen LogP) is 2.02. The zero-order valence-electron chi connectivity index (χ0n) is 16.2. The van der Waals surface area contributed by atoms with Crippen molar-refractivity contribution in [2.45, 2.75) is 26.7 Å². The topological polar surface area (TPSA) is 84.9 Å². The van der Waals surface area contributed by atoms with Crippen molar-refractivity contribution in [3.8, 4) is 5.75 Å². The number of nitrogens with one attached hydrogen (secondary N) is 1. The fourth-order valence-corrected chi connectivity index (χ4v) is 2.34. The quantitative estimate of drug-likeness (QED) is 0.363. The zero-order chi connectivity index (χ0) is 20.1. The summed E-state index contributed by atoms with van der Waals surface area (Å²) in [4.78, 5) is 36.7. The van der Waals surface area contributed by atoms with E-state index in [2.05, 4.69) is 5.32 Å². The van der Waals surface area contributed by atoms with Gasteiger partial charge in [0.05, 0.1) is 20.1 Å². The maximum Gasteiger partial charge on any atom is 0.307 e. The number of ether oxygens (including phenoxy) is 2. The van der Waals surface area contributed by atoms with Crippen LogP contribution in [0.15, 0.2) is 30.3 Å². The SMILES string of the molecule is CCOC(=O)CCN(CCCNC(C)=O)C(=O)/C=C/c1cccc(OC)c1. The highest BCUT2D eigenvalue weighted by molar-refractivity contribution is 5.92. The van der Waals surface area contributed by atoms with Crippen LogP contribution in [0.3, 0.4) is 0 Å². The number of methoxy groups -OCH3 is 1. The minimum atomic E-state index is -0.339. The molecule has 0 saturated heterocycles. The van der Waals surface area contributed by atoms with Crippen molar-refractivity contribution in [2.75, 3.05) is 33.4 Å². The van der Waals surface area contributed by atoms with Gasteiger partial charge >= 0.3 is 5.97 Å². The first-order valence-corrected chi connectivity index (χ1v) is 8.97. The summed E-state index contributed by atoms with van der Waals surface area (Å²) in [5, 5.41) is 2.70. The molecule has 0 aromatic heterocycles. The van der Waals surface area contributed by atoms with Crippen molar-refractivity contribution in [1.82, 2.24) is 10.2 Å². The molecule has 0 bridgehead atoms. The third-order valence-electron chi connectivity index (χ3n) is 3.69. The molecule has 0 fully saturated rings. The van der Waals surface area contributed by atoms with Crippen LogP contribution in [0, 0.1) is 0 Å². The number of hydrogen-bond donors (Lipinski definition) is 1. The molecule has 27 heavy (non-hydrogen) atoms. The molecule has 1 rings (SSSR count). The lowest BCUT2D eigenvalue weighted by atomic mass is 10.2. The first-order chi connectivity index (χ1) is 13.0. The van der Waals surface area contributed by atoms with Crippen LogP contribution < -0.4 is 10.1 Å². The summed E-state index contributed by atoms with van der Waals surface area (Å²) >= 11 is 0. The van der Waals surface area contributed by atoms with Gasteiger partial charge in [0, 0.05) is 32.6 Å². The summed E-state index contributed by atoms with van der Waals surface area (Å²) in [7, 11) is 1.58. The van der Waals surface area contributed by atoms with Crippen LogP contribution >= 0.6 is 0 Å². The lowest BCUT2D eigenvalue weighted by Gasteiger charge is -2.21. The Morgan fingerprint density at radius 3 is 2.67 bits per heavy atom. The van der Waals surface area contributed by atoms with Crippen LogP contribution in [0.4, 0.5) is 0 Å². The lowest BCUT2D eigenvalue weighted by Crippen LogP contribution is -2.34. The monoisotopic (exact) mass is 376 g/mol. The van der Waals surface area contributed by atoms with Crippen LogP contribution in [0.5, 0.6) is 5.75 Å². The standard InChI is InChI=1S/C20H28N2O5/c1-4-27-20(25)11-14-22(13-6-12-21-16(2)23)19(24)10-9-17-7-5-8-18(15-17)26-3/h5,7-10,15H,4,6,11-14H2,1-3H3,(H,21,23)/b10-9+. The smallest absolute Gasteiger partial charge is 0.307 e. The van der Waals surface area contributed by atoms with Crippen molar-refractivity contribution >= 4 is 23.9 Å². The molecule has 0 spiro atoms. The Morgan fingerprint density at radius 2 is 2.00 bits per heavy atom. The maximum absolute atomic E-state index is 12.5. The van der Waals surface area contributed by atoms with Crippen LogP contribution in [0.25, 0.3) is 6.08 Å². The second-order valence-corrected chi connectivity index (χ2v) is 5.83. The number of hydrogen-bond acceptors (Lipinski definition) is 5. The molecular formula is C20H28N2O5. The third-order valence-corrected chi connectivity index (χ3v) is 3.69. The largest absolute Gasteiger partial charge is 0.497 e. The molecule has 148 valence electrons. The summed E-state index contributed by atoms with van der Waals surface area (Å²) in [5.41, 5.74) is 0.839. The van der Waals surface area contributed by atoms with E-state index in [-0.39, 0.29) is 30.7 Å². The molecule has 7 heteroatoms. The van der Waals surface area contributed by atoms with Gasteiger partial charge in [-0.2, -0.15) is 0 Å². The minimum absolute atomic E-state index is 0.114. The lowest BCUT2D eigenvalue weighted by molar-refractivity contribution is -0.143. The molecule has 2 amide bonds. The van der Waals surface area contributed by atoms with Crippen LogP contribution in [-0.2, 0) is 19.1 Å². The molecule has 1 aromatic carbocycles. The van der Waals surface area contributed by atoms with Gasteiger partial charge in [-0.15, -0.1) is 0 Å². The second kappa shape index (κ2) is 12.5. The summed E-state index contributed by atoms with van der Waals surface area (Å²) in [6.45, 7) is 4.66. The van der Waals surface area contributed by atoms with Gasteiger partial charge in [0.25, 0.3) is 0 Å². The summed E-state index contributed by atoms with van der Waals surface area (Å²) in [6.07, 6.45) is 3.90. The predicted molar refractivity (Wildman–Crippen MR) is 103 cm³/mol. The average Bonchev–Trinajstić information content (AvgIpc) is 2.65. The van der Waals surface area contributed by atoms with Gasteiger partial charge in [0.2, 0.25) is 11.8 Å². The molecule has 0 heterocycles. The van der Waals surface area contributed by atoms with Gasteiger partial charge in [-0.1, -0.05) is 12.1 Å². The number of amides is 2. The molecule has 1 aromatic rings. The fourth-order valence-electron chi connectivity index (χ4n) is 2.34. The molecule has 0 radical (unpaired) electrons. The second-order valence-electron chi connectivity index (χ2n) is 5.83. The van der Waals surface area contributed by atoms with Gasteiger partial charge in [-0.05, 0) is 37.1 Å². The number of benzene rings is 1. The van der Waals surface area contributed by atoms with Crippen LogP contribution in [-0.4, -0.2) is 56.0 Å². The van der Waals surface area contributed by atoms with Gasteiger partial charge in [-0.3, -0.25) is 14.4 Å². The van der Waals surface area contributed by atoms with E-state index < -0.39 is 0 Å². The number of esters is 1. The maximum atomic E-state index is 12.5. The summed E-state index contributed by atoms with van der Waals surface area (Å²) in [6, 6.07) is 7.36. The van der Waals surface area contributed by atoms with Crippen molar-refractivity contribution in [3.63, 3.8) is 0 Å². The van der Waals surface area contributed by atoms with Crippen LogP contribution in [0.2, 0.25) is 0 Å². The number of carbonyl (C=O) groups excluding carboxylic acids is 3. The molecule has 1 N–H and O–H groups in total. The Morgan fingerprint density at radius 1 is 1.22 bits per heavy atom. The molecule has 7 nitrogen and oxygen atoms in total. The summed E-state index contributed by atoms with van der Waals surface area (Å²) < 4.78 is 10.1. The molecule has 0 atom stereocenters. The minimum Gasteiger partial charge on any atom is -0.497 e. The van der Waals surface area contributed by atoms with Crippen LogP contribution in [0.1, 0.15) is 32.3 Å². The Labute approximate surface area is 160 Å². The Balaban J connectivity index is 2.69. The van der Waals surface area contributed by atoms with E-state index in [0.29, 0.717) is 31.9 Å². The van der Waals surface area contributed by atoms with E-state index in [1.165, 1.54) is 13.0 Å². The van der Waals surface area contributed by atoms with E-state index >= 15 is 0 Å². The van der Waals surface area contributed by atoms with Crippen molar-refractivity contribution in [1.29, 1.82) is 0 Å². The van der Waals surface area contributed by atoms with Gasteiger partial charge in [0.1, 0.15) is 5.75 Å². The molecule has 0 aliphatic heterocycles. The molecular weight excluding hydrogens is 348 g/mol. The van der Waals surface area contributed by atoms with E-state index in [0.717, 1.165) is 5.56 Å². The Kier molecular flexibility index (Phi) is 10.3. The molecule has 0 saturated carbocycles. The molecule has 0 aliphatic carbocycles. The molecule has 0 unspecified atom stereocenters. The van der Waals surface area contributed by atoms with Crippen molar-refractivity contribution < 1.29 is 23.9 Å². The van der Waals surface area contributed by atoms with Gasteiger partial charge in [0.15, 0.2) is 0 Å². The summed E-state index contributed by atoms with van der Waals surface area (Å²) in [5.74, 6) is 0.0512. The Bertz CT molecular complexity index is 658. The number of nitrogens with zero attached hydrogens (tertiary/aromatic N) is 1.